The van der Waals surface area contributed by atoms with E-state index in [-0.39, 0.29) is 22.9 Å². The molecular weight excluding hydrogens is 452 g/mol. The molecule has 0 unspecified atom stereocenters. The number of carbonyl (C=O) groups is 3. The normalized spacial score (nSPS) is 14.8. The quantitative estimate of drug-likeness (QED) is 0.337. The van der Waals surface area contributed by atoms with E-state index in [1.165, 1.54) is 23.1 Å². The first-order valence-corrected chi connectivity index (χ1v) is 10.7. The molecule has 0 atom stereocenters. The van der Waals surface area contributed by atoms with Gasteiger partial charge >= 0.3 is 0 Å². The summed E-state index contributed by atoms with van der Waals surface area (Å²) in [5.41, 5.74) is 2.89. The zero-order chi connectivity index (χ0) is 24.2. The molecule has 3 aromatic carbocycles. The molecule has 0 bridgehead atoms. The van der Waals surface area contributed by atoms with Crippen LogP contribution >= 0.6 is 12.2 Å². The van der Waals surface area contributed by atoms with E-state index in [2.05, 4.69) is 5.32 Å². The van der Waals surface area contributed by atoms with E-state index >= 15 is 0 Å². The molecule has 0 radical (unpaired) electrons. The van der Waals surface area contributed by atoms with Crippen molar-refractivity contribution in [3.8, 4) is 5.75 Å². The van der Waals surface area contributed by atoms with Gasteiger partial charge in [0.15, 0.2) is 5.11 Å². The summed E-state index contributed by atoms with van der Waals surface area (Å²) in [5, 5.41) is 13.6. The molecule has 1 N–H and O–H groups in total. The van der Waals surface area contributed by atoms with E-state index < -0.39 is 17.8 Å². The fraction of sp³-hybridized carbons (Fsp3) is 0.0769. The second-order valence-electron chi connectivity index (χ2n) is 7.64. The van der Waals surface area contributed by atoms with Gasteiger partial charge in [-0.25, -0.2) is 0 Å². The molecule has 4 rings (SSSR count). The van der Waals surface area contributed by atoms with Gasteiger partial charge < -0.3 is 14.6 Å². The van der Waals surface area contributed by atoms with Crippen molar-refractivity contribution in [3.05, 3.63) is 101 Å². The Morgan fingerprint density at radius 2 is 1.79 bits per heavy atom. The minimum atomic E-state index is -1.25. The number of carboxylic acid groups (broad SMARTS) is 1. The molecule has 34 heavy (non-hydrogen) atoms. The summed E-state index contributed by atoms with van der Waals surface area (Å²) in [4.78, 5) is 37.9. The minimum absolute atomic E-state index is 0.0317. The summed E-state index contributed by atoms with van der Waals surface area (Å²) in [7, 11) is 0. The number of amides is 2. The van der Waals surface area contributed by atoms with E-state index in [1.807, 2.05) is 25.1 Å². The maximum absolute atomic E-state index is 13.1. The standard InChI is InChI=1S/C26H20N2O5S/c1-16-4-2-7-20(12-16)28-24(30)22(23(29)27-26(28)34)14-17-8-10-21(11-9-17)33-15-18-5-3-6-19(13-18)25(31)32/h2-14H,15H2,1H3,(H,31,32)(H,27,29,34)/p-1/b22-14+. The highest BCUT2D eigenvalue weighted by atomic mass is 32.1. The van der Waals surface area contributed by atoms with Gasteiger partial charge in [-0.05, 0) is 77.8 Å². The van der Waals surface area contributed by atoms with Crippen LogP contribution in [-0.4, -0.2) is 22.9 Å². The Morgan fingerprint density at radius 1 is 1.06 bits per heavy atom. The lowest BCUT2D eigenvalue weighted by molar-refractivity contribution is -0.255. The predicted octanol–water partition coefficient (Wildman–Crippen LogP) is 2.77. The maximum Gasteiger partial charge on any atom is 0.270 e. The van der Waals surface area contributed by atoms with Crippen molar-refractivity contribution in [1.82, 2.24) is 5.32 Å². The molecule has 170 valence electrons. The number of rotatable bonds is 6. The van der Waals surface area contributed by atoms with Gasteiger partial charge in [0.1, 0.15) is 17.9 Å². The highest BCUT2D eigenvalue weighted by molar-refractivity contribution is 7.80. The average molecular weight is 472 g/mol. The molecule has 0 aromatic heterocycles. The Kier molecular flexibility index (Phi) is 6.51. The minimum Gasteiger partial charge on any atom is -0.545 e. The number of anilines is 1. The number of carboxylic acids is 1. The van der Waals surface area contributed by atoms with Crippen LogP contribution < -0.4 is 20.1 Å². The monoisotopic (exact) mass is 471 g/mol. The first kappa shape index (κ1) is 22.9. The van der Waals surface area contributed by atoms with Crippen LogP contribution in [0.4, 0.5) is 5.69 Å². The molecule has 1 aliphatic heterocycles. The van der Waals surface area contributed by atoms with Crippen molar-refractivity contribution in [1.29, 1.82) is 0 Å². The van der Waals surface area contributed by atoms with Crippen molar-refractivity contribution in [2.75, 3.05) is 4.90 Å². The number of benzene rings is 3. The van der Waals surface area contributed by atoms with Crippen LogP contribution in [0.2, 0.25) is 0 Å². The Balaban J connectivity index is 1.50. The summed E-state index contributed by atoms with van der Waals surface area (Å²) in [6, 6.07) is 20.4. The highest BCUT2D eigenvalue weighted by Gasteiger charge is 2.34. The Bertz CT molecular complexity index is 1330. The molecular formula is C26H19N2O5S-. The topological polar surface area (TPSA) is 98.8 Å². The van der Waals surface area contributed by atoms with Gasteiger partial charge in [-0.2, -0.15) is 0 Å². The second-order valence-corrected chi connectivity index (χ2v) is 8.03. The molecule has 3 aromatic rings. The van der Waals surface area contributed by atoms with E-state index in [1.54, 1.807) is 42.5 Å². The third-order valence-corrected chi connectivity index (χ3v) is 5.41. The van der Waals surface area contributed by atoms with Crippen LogP contribution in [0.1, 0.15) is 27.0 Å². The summed E-state index contributed by atoms with van der Waals surface area (Å²) >= 11 is 5.23. The van der Waals surface area contributed by atoms with Crippen molar-refractivity contribution in [2.24, 2.45) is 0 Å². The Morgan fingerprint density at radius 3 is 2.50 bits per heavy atom. The van der Waals surface area contributed by atoms with Crippen LogP contribution in [0.3, 0.4) is 0 Å². The van der Waals surface area contributed by atoms with Crippen LogP contribution in [0.5, 0.6) is 5.75 Å². The van der Waals surface area contributed by atoms with E-state index in [0.29, 0.717) is 22.6 Å². The Hall–Kier alpha value is -4.30. The third-order valence-electron chi connectivity index (χ3n) is 5.12. The summed E-state index contributed by atoms with van der Waals surface area (Å²) in [6.07, 6.45) is 1.50. The molecule has 0 saturated carbocycles. The van der Waals surface area contributed by atoms with Gasteiger partial charge in [-0.15, -0.1) is 0 Å². The lowest BCUT2D eigenvalue weighted by atomic mass is 10.1. The molecule has 0 spiro atoms. The van der Waals surface area contributed by atoms with Crippen LogP contribution in [0.25, 0.3) is 6.08 Å². The van der Waals surface area contributed by atoms with Crippen molar-refractivity contribution in [2.45, 2.75) is 13.5 Å². The van der Waals surface area contributed by atoms with Gasteiger partial charge in [-0.3, -0.25) is 19.8 Å². The lowest BCUT2D eigenvalue weighted by Crippen LogP contribution is -2.54. The lowest BCUT2D eigenvalue weighted by Gasteiger charge is -2.29. The number of aryl methyl sites for hydroxylation is 1. The maximum atomic E-state index is 13.1. The first-order chi connectivity index (χ1) is 16.3. The summed E-state index contributed by atoms with van der Waals surface area (Å²) in [5.74, 6) is -1.77. The number of carbonyl (C=O) groups excluding carboxylic acids is 3. The van der Waals surface area contributed by atoms with Gasteiger partial charge in [0, 0.05) is 0 Å². The molecule has 7 nitrogen and oxygen atoms in total. The average Bonchev–Trinajstić information content (AvgIpc) is 2.81. The number of nitrogens with zero attached hydrogens (tertiary/aromatic N) is 1. The zero-order valence-electron chi connectivity index (χ0n) is 18.1. The second kappa shape index (κ2) is 9.68. The van der Waals surface area contributed by atoms with E-state index in [4.69, 9.17) is 17.0 Å². The number of hydrogen-bond donors (Lipinski definition) is 1. The summed E-state index contributed by atoms with van der Waals surface area (Å²) < 4.78 is 5.71. The smallest absolute Gasteiger partial charge is 0.270 e. The third kappa shape index (κ3) is 5.02. The molecule has 8 heteroatoms. The number of ether oxygens (including phenoxy) is 1. The molecule has 2 amide bonds. The zero-order valence-corrected chi connectivity index (χ0v) is 18.9. The number of thiocarbonyl (C=S) groups is 1. The number of aromatic carboxylic acids is 1. The van der Waals surface area contributed by atoms with Gasteiger partial charge in [0.2, 0.25) is 0 Å². The van der Waals surface area contributed by atoms with Gasteiger partial charge in [0.25, 0.3) is 11.8 Å². The number of hydrogen-bond acceptors (Lipinski definition) is 6. The highest BCUT2D eigenvalue weighted by Crippen LogP contribution is 2.23. The van der Waals surface area contributed by atoms with E-state index in [0.717, 1.165) is 5.56 Å². The van der Waals surface area contributed by atoms with Crippen molar-refractivity contribution >= 4 is 46.9 Å². The van der Waals surface area contributed by atoms with Gasteiger partial charge in [0.05, 0.1) is 11.7 Å². The van der Waals surface area contributed by atoms with Crippen molar-refractivity contribution in [3.63, 3.8) is 0 Å². The fourth-order valence-corrected chi connectivity index (χ4v) is 3.72. The summed E-state index contributed by atoms with van der Waals surface area (Å²) in [6.45, 7) is 2.07. The largest absolute Gasteiger partial charge is 0.545 e. The number of nitrogens with one attached hydrogen (secondary N) is 1. The molecule has 0 aliphatic carbocycles. The Labute approximate surface area is 201 Å². The molecule has 1 aliphatic rings. The molecule has 1 heterocycles. The predicted molar refractivity (Wildman–Crippen MR) is 129 cm³/mol. The first-order valence-electron chi connectivity index (χ1n) is 10.3. The van der Waals surface area contributed by atoms with Gasteiger partial charge in [-0.1, -0.05) is 42.5 Å². The molecule has 1 saturated heterocycles. The van der Waals surface area contributed by atoms with E-state index in [9.17, 15) is 19.5 Å². The SMILES string of the molecule is Cc1cccc(N2C(=O)/C(=C/c3ccc(OCc4cccc(C(=O)[O-])c4)cc3)C(=O)NC2=S)c1. The van der Waals surface area contributed by atoms with Crippen LogP contribution in [0.15, 0.2) is 78.4 Å². The fourth-order valence-electron chi connectivity index (χ4n) is 3.44. The van der Waals surface area contributed by atoms with Crippen LogP contribution in [-0.2, 0) is 16.2 Å². The molecule has 1 fully saturated rings. The van der Waals surface area contributed by atoms with Crippen molar-refractivity contribution < 1.29 is 24.2 Å². The van der Waals surface area contributed by atoms with Crippen LogP contribution in [0, 0.1) is 6.92 Å².